The lowest BCUT2D eigenvalue weighted by atomic mass is 9.83. The van der Waals surface area contributed by atoms with Crippen LogP contribution in [0.4, 0.5) is 4.39 Å². The Bertz CT molecular complexity index is 1910. The van der Waals surface area contributed by atoms with Crippen LogP contribution in [-0.2, 0) is 7.05 Å². The van der Waals surface area contributed by atoms with Gasteiger partial charge in [0.1, 0.15) is 24.0 Å². The van der Waals surface area contributed by atoms with Crippen LogP contribution in [0.2, 0.25) is 0 Å². The van der Waals surface area contributed by atoms with Crippen molar-refractivity contribution in [2.24, 2.45) is 7.05 Å². The van der Waals surface area contributed by atoms with Crippen LogP contribution >= 0.6 is 0 Å². The zero-order chi connectivity index (χ0) is 28.1. The average Bonchev–Trinajstić information content (AvgIpc) is 3.37. The van der Waals surface area contributed by atoms with E-state index in [9.17, 15) is 0 Å². The van der Waals surface area contributed by atoms with Gasteiger partial charge in [0.15, 0.2) is 6.20 Å². The lowest BCUT2D eigenvalue weighted by Gasteiger charge is -2.22. The largest absolute Gasteiger partial charge is 0.454 e. The second-order valence-electron chi connectivity index (χ2n) is 11.1. The standard InChI is InChI=1S/C37H33FNO/c1-24-14-19-30-31-20-21-32(38)35(37(31)40-36(30)34(24)33-13-6-7-22-39(33)2)27-17-15-26(16-18-27)29-12-8-11-28(23-29)25-9-4-3-5-10-25/h6-8,11-23,25H,3-5,9-10H2,1-2H3/q+1/i25D. The van der Waals surface area contributed by atoms with Gasteiger partial charge in [-0.2, -0.15) is 0 Å². The first-order chi connectivity index (χ1) is 19.9. The average molecular weight is 528 g/mol. The highest BCUT2D eigenvalue weighted by Crippen LogP contribution is 2.42. The summed E-state index contributed by atoms with van der Waals surface area (Å²) in [5, 5.41) is 1.88. The van der Waals surface area contributed by atoms with Crippen LogP contribution < -0.4 is 4.57 Å². The highest BCUT2D eigenvalue weighted by atomic mass is 19.1. The van der Waals surface area contributed by atoms with Gasteiger partial charge < -0.3 is 4.42 Å². The summed E-state index contributed by atoms with van der Waals surface area (Å²) < 4.78 is 33.3. The molecule has 0 spiro atoms. The van der Waals surface area contributed by atoms with E-state index in [4.69, 9.17) is 5.79 Å². The molecule has 0 atom stereocenters. The maximum absolute atomic E-state index is 15.5. The van der Waals surface area contributed by atoms with Crippen molar-refractivity contribution >= 4 is 21.9 Å². The van der Waals surface area contributed by atoms with Gasteiger partial charge in [-0.3, -0.25) is 0 Å². The monoisotopic (exact) mass is 527 g/mol. The van der Waals surface area contributed by atoms with Crippen molar-refractivity contribution < 1.29 is 14.7 Å². The van der Waals surface area contributed by atoms with E-state index >= 15 is 4.39 Å². The van der Waals surface area contributed by atoms with E-state index in [0.717, 1.165) is 81.1 Å². The maximum atomic E-state index is 15.5. The molecule has 3 heteroatoms. The Kier molecular flexibility index (Phi) is 5.94. The molecule has 1 aliphatic carbocycles. The molecule has 1 saturated carbocycles. The number of aromatic nitrogens is 1. The Hall–Kier alpha value is -4.24. The minimum Gasteiger partial charge on any atom is -0.454 e. The Balaban J connectivity index is 1.33. The van der Waals surface area contributed by atoms with Crippen molar-refractivity contribution in [1.82, 2.24) is 0 Å². The van der Waals surface area contributed by atoms with Crippen molar-refractivity contribution in [3.8, 4) is 33.5 Å². The fraction of sp³-hybridized carbons (Fsp3) is 0.216. The molecule has 2 aromatic heterocycles. The first-order valence-electron chi connectivity index (χ1n) is 14.7. The zero-order valence-corrected chi connectivity index (χ0v) is 23.0. The van der Waals surface area contributed by atoms with Gasteiger partial charge in [-0.15, -0.1) is 0 Å². The van der Waals surface area contributed by atoms with Gasteiger partial charge in [-0.05, 0) is 71.7 Å². The molecule has 198 valence electrons. The second kappa shape index (κ2) is 10.1. The van der Waals surface area contributed by atoms with Crippen molar-refractivity contribution in [2.45, 2.75) is 44.9 Å². The summed E-state index contributed by atoms with van der Waals surface area (Å²) in [5.74, 6) is -0.800. The number of nitrogens with zero attached hydrogens (tertiary/aromatic N) is 1. The van der Waals surface area contributed by atoms with Crippen molar-refractivity contribution in [3.63, 3.8) is 0 Å². The number of aryl methyl sites for hydroxylation is 2. The lowest BCUT2D eigenvalue weighted by molar-refractivity contribution is -0.660. The summed E-state index contributed by atoms with van der Waals surface area (Å²) in [5.41, 5.74) is 9.00. The van der Waals surface area contributed by atoms with Crippen LogP contribution in [0, 0.1) is 12.7 Å². The molecule has 2 nitrogen and oxygen atoms in total. The summed E-state index contributed by atoms with van der Waals surface area (Å²) in [6.07, 6.45) is 7.32. The summed E-state index contributed by atoms with van der Waals surface area (Å²) in [7, 11) is 2.03. The smallest absolute Gasteiger partial charge is 0.216 e. The van der Waals surface area contributed by atoms with Crippen LogP contribution in [0.25, 0.3) is 55.4 Å². The number of pyridine rings is 1. The third kappa shape index (κ3) is 4.21. The number of hydrogen-bond acceptors (Lipinski definition) is 1. The van der Waals surface area contributed by atoms with Gasteiger partial charge in [0.2, 0.25) is 5.69 Å². The van der Waals surface area contributed by atoms with Crippen LogP contribution in [0.5, 0.6) is 0 Å². The number of benzene rings is 4. The van der Waals surface area contributed by atoms with Gasteiger partial charge in [0.25, 0.3) is 0 Å². The molecule has 0 bridgehead atoms. The van der Waals surface area contributed by atoms with Gasteiger partial charge in [-0.25, -0.2) is 8.96 Å². The van der Waals surface area contributed by atoms with Gasteiger partial charge in [0.05, 0.1) is 11.1 Å². The molecule has 0 aliphatic heterocycles. The third-order valence-electron chi connectivity index (χ3n) is 8.51. The maximum Gasteiger partial charge on any atom is 0.216 e. The molecule has 6 aromatic rings. The van der Waals surface area contributed by atoms with E-state index in [2.05, 4.69) is 54.0 Å². The summed E-state index contributed by atoms with van der Waals surface area (Å²) >= 11 is 0. The quantitative estimate of drug-likeness (QED) is 0.209. The van der Waals surface area contributed by atoms with Crippen LogP contribution in [0.3, 0.4) is 0 Å². The highest BCUT2D eigenvalue weighted by molar-refractivity contribution is 6.13. The van der Waals surface area contributed by atoms with E-state index in [1.807, 2.05) is 55.7 Å². The minimum absolute atomic E-state index is 0.303. The molecule has 4 aromatic carbocycles. The normalized spacial score (nSPS) is 15.4. The summed E-state index contributed by atoms with van der Waals surface area (Å²) in [6.45, 7) is 2.08. The van der Waals surface area contributed by atoms with Gasteiger partial charge in [-0.1, -0.05) is 79.9 Å². The van der Waals surface area contributed by atoms with E-state index in [0.29, 0.717) is 11.1 Å². The minimum atomic E-state index is -0.498. The Morgan fingerprint density at radius 3 is 2.25 bits per heavy atom. The predicted molar refractivity (Wildman–Crippen MR) is 162 cm³/mol. The third-order valence-corrected chi connectivity index (χ3v) is 8.51. The zero-order valence-electron chi connectivity index (χ0n) is 24.0. The summed E-state index contributed by atoms with van der Waals surface area (Å²) in [6, 6.07) is 30.1. The van der Waals surface area contributed by atoms with Gasteiger partial charge in [0, 0.05) is 24.3 Å². The number of hydrogen-bond donors (Lipinski definition) is 0. The summed E-state index contributed by atoms with van der Waals surface area (Å²) in [4.78, 5) is 0. The number of rotatable bonds is 4. The van der Waals surface area contributed by atoms with Crippen molar-refractivity contribution in [3.05, 3.63) is 114 Å². The first kappa shape index (κ1) is 23.6. The van der Waals surface area contributed by atoms with Crippen LogP contribution in [-0.4, -0.2) is 0 Å². The van der Waals surface area contributed by atoms with E-state index in [1.54, 1.807) is 6.07 Å². The van der Waals surface area contributed by atoms with Gasteiger partial charge >= 0.3 is 0 Å². The Morgan fingerprint density at radius 2 is 1.48 bits per heavy atom. The molecule has 0 N–H and O–H groups in total. The molecular weight excluding hydrogens is 493 g/mol. The van der Waals surface area contributed by atoms with Crippen LogP contribution in [0.1, 0.15) is 50.5 Å². The van der Waals surface area contributed by atoms with Crippen molar-refractivity contribution in [1.29, 1.82) is 0 Å². The van der Waals surface area contributed by atoms with E-state index in [1.165, 1.54) is 6.42 Å². The molecule has 7 rings (SSSR count). The number of fused-ring (bicyclic) bond motifs is 3. The SMILES string of the molecule is [2H]C1(c2cccc(-c3ccc(-c4c(F)ccc5c4oc4c(-c6cccc[n+]6C)c(C)ccc45)cc3)c2)CCCCC1. The fourth-order valence-corrected chi connectivity index (χ4v) is 6.36. The topological polar surface area (TPSA) is 17.0 Å². The van der Waals surface area contributed by atoms with Crippen molar-refractivity contribution in [2.75, 3.05) is 0 Å². The molecule has 0 unspecified atom stereocenters. The number of furan rings is 1. The molecule has 40 heavy (non-hydrogen) atoms. The second-order valence-corrected chi connectivity index (χ2v) is 11.1. The molecule has 1 aliphatic rings. The molecular formula is C37H33FNO+. The molecule has 0 saturated heterocycles. The molecule has 0 radical (unpaired) electrons. The highest BCUT2D eigenvalue weighted by Gasteiger charge is 2.23. The Morgan fingerprint density at radius 1 is 0.750 bits per heavy atom. The fourth-order valence-electron chi connectivity index (χ4n) is 6.36. The van der Waals surface area contributed by atoms with E-state index < -0.39 is 5.89 Å². The molecule has 0 amide bonds. The Labute approximate surface area is 236 Å². The lowest BCUT2D eigenvalue weighted by Crippen LogP contribution is -2.30. The number of halogens is 1. The first-order valence-corrected chi connectivity index (χ1v) is 14.2. The molecule has 2 heterocycles. The predicted octanol–water partition coefficient (Wildman–Crippen LogP) is 9.91. The molecule has 1 fully saturated rings. The van der Waals surface area contributed by atoms with E-state index in [-0.39, 0.29) is 5.82 Å². The van der Waals surface area contributed by atoms with Crippen LogP contribution in [0.15, 0.2) is 102 Å².